The molecular weight excluding hydrogens is 287 g/mol. The topological polar surface area (TPSA) is 34.6 Å². The Morgan fingerprint density at radius 2 is 1.87 bits per heavy atom. The predicted octanol–water partition coefficient (Wildman–Crippen LogP) is 3.24. The second-order valence-electron chi connectivity index (χ2n) is 7.68. The molecule has 4 nitrogen and oxygen atoms in total. The van der Waals surface area contributed by atoms with Gasteiger partial charge in [0.2, 0.25) is 0 Å². The standard InChI is InChI=1S/C18H23BN2O2/c1-17(2)18(3,4)23-19(22-17)12-6-7-13-14-11-20-9-8-15(14)21(5)16(13)10-12/h6-9,11,16H,10H2,1-5H3. The van der Waals surface area contributed by atoms with Gasteiger partial charge < -0.3 is 14.2 Å². The molecule has 0 saturated carbocycles. The second kappa shape index (κ2) is 4.71. The summed E-state index contributed by atoms with van der Waals surface area (Å²) in [6.45, 7) is 8.39. The molecule has 120 valence electrons. The number of nitrogens with zero attached hydrogens (tertiary/aromatic N) is 2. The quantitative estimate of drug-likeness (QED) is 0.746. The molecule has 1 unspecified atom stereocenters. The molecule has 0 spiro atoms. The van der Waals surface area contributed by atoms with Crippen molar-refractivity contribution in [1.29, 1.82) is 0 Å². The van der Waals surface area contributed by atoms with Crippen molar-refractivity contribution in [3.63, 3.8) is 0 Å². The molecule has 1 saturated heterocycles. The third kappa shape index (κ3) is 2.10. The van der Waals surface area contributed by atoms with E-state index >= 15 is 0 Å². The predicted molar refractivity (Wildman–Crippen MR) is 93.2 cm³/mol. The van der Waals surface area contributed by atoms with Crippen molar-refractivity contribution >= 4 is 18.4 Å². The minimum atomic E-state index is -0.295. The summed E-state index contributed by atoms with van der Waals surface area (Å²) >= 11 is 0. The van der Waals surface area contributed by atoms with Crippen LogP contribution >= 0.6 is 0 Å². The van der Waals surface area contributed by atoms with Crippen molar-refractivity contribution in [1.82, 2.24) is 4.98 Å². The van der Waals surface area contributed by atoms with Crippen LogP contribution < -0.4 is 4.90 Å². The molecule has 23 heavy (non-hydrogen) atoms. The van der Waals surface area contributed by atoms with Gasteiger partial charge >= 0.3 is 7.12 Å². The summed E-state index contributed by atoms with van der Waals surface area (Å²) in [7, 11) is 1.89. The normalized spacial score (nSPS) is 27.4. The summed E-state index contributed by atoms with van der Waals surface area (Å²) in [5.41, 5.74) is 4.46. The monoisotopic (exact) mass is 310 g/mol. The van der Waals surface area contributed by atoms with E-state index in [9.17, 15) is 0 Å². The number of likely N-dealkylation sites (N-methyl/N-ethyl adjacent to an activating group) is 1. The third-order valence-electron chi connectivity index (χ3n) is 5.78. The van der Waals surface area contributed by atoms with E-state index < -0.39 is 0 Å². The lowest BCUT2D eigenvalue weighted by molar-refractivity contribution is 0.00578. The first-order valence-electron chi connectivity index (χ1n) is 8.24. The summed E-state index contributed by atoms with van der Waals surface area (Å²) in [6.07, 6.45) is 9.12. The fourth-order valence-electron chi connectivity index (χ4n) is 3.58. The average molecular weight is 310 g/mol. The van der Waals surface area contributed by atoms with Gasteiger partial charge in [-0.25, -0.2) is 0 Å². The highest BCUT2D eigenvalue weighted by Crippen LogP contribution is 2.45. The van der Waals surface area contributed by atoms with Gasteiger partial charge in [-0.3, -0.25) is 4.98 Å². The van der Waals surface area contributed by atoms with Crippen molar-refractivity contribution in [3.05, 3.63) is 41.6 Å². The molecule has 1 aromatic heterocycles. The van der Waals surface area contributed by atoms with E-state index in [0.29, 0.717) is 6.04 Å². The van der Waals surface area contributed by atoms with Crippen LogP contribution in [-0.4, -0.2) is 36.4 Å². The van der Waals surface area contributed by atoms with E-state index in [1.807, 2.05) is 12.4 Å². The fourth-order valence-corrected chi connectivity index (χ4v) is 3.58. The number of hydrogen-bond donors (Lipinski definition) is 0. The average Bonchev–Trinajstić information content (AvgIpc) is 2.91. The van der Waals surface area contributed by atoms with E-state index in [2.05, 4.69) is 62.8 Å². The Morgan fingerprint density at radius 1 is 1.17 bits per heavy atom. The van der Waals surface area contributed by atoms with Gasteiger partial charge in [0.25, 0.3) is 0 Å². The van der Waals surface area contributed by atoms with Crippen molar-refractivity contribution in [2.75, 3.05) is 11.9 Å². The molecule has 1 aromatic rings. The molecular formula is C18H23BN2O2. The minimum Gasteiger partial charge on any atom is -0.400 e. The van der Waals surface area contributed by atoms with Crippen molar-refractivity contribution in [2.24, 2.45) is 0 Å². The molecule has 0 radical (unpaired) electrons. The maximum absolute atomic E-state index is 6.21. The number of rotatable bonds is 1. The van der Waals surface area contributed by atoms with Crippen LogP contribution in [0.15, 0.2) is 36.1 Å². The zero-order valence-corrected chi connectivity index (χ0v) is 14.5. The molecule has 1 atom stereocenters. The number of aromatic nitrogens is 1. The van der Waals surface area contributed by atoms with Crippen molar-refractivity contribution in [3.8, 4) is 0 Å². The molecule has 0 bridgehead atoms. The molecule has 0 N–H and O–H groups in total. The van der Waals surface area contributed by atoms with Gasteiger partial charge in [-0.05, 0) is 51.2 Å². The highest BCUT2D eigenvalue weighted by atomic mass is 16.7. The van der Waals surface area contributed by atoms with Crippen LogP contribution in [0.1, 0.15) is 39.7 Å². The minimum absolute atomic E-state index is 0.256. The van der Waals surface area contributed by atoms with Gasteiger partial charge in [0, 0.05) is 30.7 Å². The van der Waals surface area contributed by atoms with Crippen LogP contribution in [-0.2, 0) is 9.31 Å². The SMILES string of the molecule is CN1c2ccncc2C2=CC=C(B3OC(C)(C)C(C)(C)O3)CC21. The van der Waals surface area contributed by atoms with E-state index in [1.54, 1.807) is 0 Å². The molecule has 3 aliphatic rings. The zero-order valence-electron chi connectivity index (χ0n) is 14.5. The molecule has 4 rings (SSSR count). The summed E-state index contributed by atoms with van der Waals surface area (Å²) in [5.74, 6) is 0. The van der Waals surface area contributed by atoms with Crippen LogP contribution in [0.25, 0.3) is 5.57 Å². The number of allylic oxidation sites excluding steroid dienone is 2. The van der Waals surface area contributed by atoms with Crippen LogP contribution in [0, 0.1) is 0 Å². The number of fused-ring (bicyclic) bond motifs is 3. The lowest BCUT2D eigenvalue weighted by atomic mass is 9.71. The van der Waals surface area contributed by atoms with Crippen LogP contribution in [0.3, 0.4) is 0 Å². The van der Waals surface area contributed by atoms with E-state index in [1.165, 1.54) is 22.3 Å². The highest BCUT2D eigenvalue weighted by molar-refractivity contribution is 6.54. The molecule has 3 heterocycles. The summed E-state index contributed by atoms with van der Waals surface area (Å²) in [5, 5.41) is 0. The Balaban J connectivity index is 1.65. The van der Waals surface area contributed by atoms with E-state index in [4.69, 9.17) is 9.31 Å². The molecule has 0 amide bonds. The summed E-state index contributed by atoms with van der Waals surface area (Å²) < 4.78 is 12.4. The molecule has 2 aliphatic heterocycles. The Labute approximate surface area is 138 Å². The second-order valence-corrected chi connectivity index (χ2v) is 7.68. The first-order valence-corrected chi connectivity index (χ1v) is 8.24. The molecule has 1 fully saturated rings. The lowest BCUT2D eigenvalue weighted by Crippen LogP contribution is -2.41. The van der Waals surface area contributed by atoms with Crippen LogP contribution in [0.4, 0.5) is 5.69 Å². The van der Waals surface area contributed by atoms with Crippen molar-refractivity contribution < 1.29 is 9.31 Å². The Bertz CT molecular complexity index is 707. The van der Waals surface area contributed by atoms with Crippen molar-refractivity contribution in [2.45, 2.75) is 51.4 Å². The largest absolute Gasteiger partial charge is 0.490 e. The first kappa shape index (κ1) is 15.0. The smallest absolute Gasteiger partial charge is 0.400 e. The number of pyridine rings is 1. The van der Waals surface area contributed by atoms with Crippen LogP contribution in [0.2, 0.25) is 0 Å². The summed E-state index contributed by atoms with van der Waals surface area (Å²) in [6, 6.07) is 2.43. The van der Waals surface area contributed by atoms with E-state index in [-0.39, 0.29) is 18.3 Å². The van der Waals surface area contributed by atoms with Gasteiger partial charge in [-0.15, -0.1) is 0 Å². The summed E-state index contributed by atoms with van der Waals surface area (Å²) in [4.78, 5) is 6.61. The van der Waals surface area contributed by atoms with Gasteiger partial charge in [-0.2, -0.15) is 0 Å². The maximum Gasteiger partial charge on any atom is 0.490 e. The third-order valence-corrected chi connectivity index (χ3v) is 5.78. The van der Waals surface area contributed by atoms with Crippen LogP contribution in [0.5, 0.6) is 0 Å². The Kier molecular flexibility index (Phi) is 3.07. The molecule has 1 aliphatic carbocycles. The zero-order chi connectivity index (χ0) is 16.4. The van der Waals surface area contributed by atoms with Gasteiger partial charge in [0.1, 0.15) is 0 Å². The highest BCUT2D eigenvalue weighted by Gasteiger charge is 2.53. The van der Waals surface area contributed by atoms with Gasteiger partial charge in [0.05, 0.1) is 17.2 Å². The maximum atomic E-state index is 6.21. The number of anilines is 1. The fraction of sp³-hybridized carbons (Fsp3) is 0.500. The van der Waals surface area contributed by atoms with Gasteiger partial charge in [0.15, 0.2) is 0 Å². The first-order chi connectivity index (χ1) is 10.8. The Hall–Kier alpha value is -1.59. The lowest BCUT2D eigenvalue weighted by Gasteiger charge is -2.32. The molecule has 5 heteroatoms. The van der Waals surface area contributed by atoms with Gasteiger partial charge in [-0.1, -0.05) is 12.2 Å². The van der Waals surface area contributed by atoms with E-state index in [0.717, 1.165) is 6.42 Å². The molecule has 0 aromatic carbocycles. The number of hydrogen-bond acceptors (Lipinski definition) is 4. The Morgan fingerprint density at radius 3 is 2.57 bits per heavy atom.